The Morgan fingerprint density at radius 2 is 1.71 bits per heavy atom. The number of rotatable bonds is 8. The summed E-state index contributed by atoms with van der Waals surface area (Å²) in [7, 11) is -1.16. The highest BCUT2D eigenvalue weighted by Gasteiger charge is 2.36. The molecule has 28 heavy (non-hydrogen) atoms. The molecule has 0 aromatic heterocycles. The van der Waals surface area contributed by atoms with Gasteiger partial charge in [0.1, 0.15) is 5.82 Å². The highest BCUT2D eigenvalue weighted by Crippen LogP contribution is 2.51. The zero-order valence-corrected chi connectivity index (χ0v) is 18.6. The molecule has 4 heteroatoms. The fourth-order valence-corrected chi connectivity index (χ4v) is 4.73. The molecule has 1 saturated heterocycles. The molecule has 0 saturated carbocycles. The summed E-state index contributed by atoms with van der Waals surface area (Å²) in [5.41, 5.74) is 2.40. The summed E-state index contributed by atoms with van der Waals surface area (Å²) in [6.07, 6.45) is 6.60. The van der Waals surface area contributed by atoms with Gasteiger partial charge in [-0.15, -0.1) is 10.3 Å². The van der Waals surface area contributed by atoms with Crippen molar-refractivity contribution in [3.8, 4) is 0 Å². The first-order valence-electron chi connectivity index (χ1n) is 10.3. The Morgan fingerprint density at radius 1 is 1.07 bits per heavy atom. The van der Waals surface area contributed by atoms with Gasteiger partial charge in [-0.05, 0) is 68.0 Å². The standard InChI is InChI=1S/C24H34FNOS/c1-18(2)28(4,5)27-24(20-11-14-22(25)15-12-20)16-13-21-17-26(19(21)3)23-9-7-6-8-10-23/h6-12,14-15,18-19,21,24H,13,16-17H2,1-5H3/t19?,21-,24?/m0/s1. The highest BCUT2D eigenvalue weighted by atomic mass is 32.3. The summed E-state index contributed by atoms with van der Waals surface area (Å²) in [6, 6.07) is 18.1. The van der Waals surface area contributed by atoms with Crippen LogP contribution in [-0.2, 0) is 4.18 Å². The van der Waals surface area contributed by atoms with Crippen LogP contribution in [0.1, 0.15) is 45.3 Å². The van der Waals surface area contributed by atoms with Gasteiger partial charge in [-0.25, -0.2) is 4.39 Å². The molecule has 3 rings (SSSR count). The maximum absolute atomic E-state index is 13.4. The number of halogens is 1. The van der Waals surface area contributed by atoms with Gasteiger partial charge in [0.15, 0.2) is 0 Å². The first kappa shape index (κ1) is 21.2. The van der Waals surface area contributed by atoms with Crippen molar-refractivity contribution in [2.45, 2.75) is 51.0 Å². The number of anilines is 1. The second-order valence-corrected chi connectivity index (χ2v) is 12.3. The summed E-state index contributed by atoms with van der Waals surface area (Å²) in [5, 5.41) is 0.492. The van der Waals surface area contributed by atoms with Crippen LogP contribution < -0.4 is 4.90 Å². The van der Waals surface area contributed by atoms with Crippen LogP contribution in [0.15, 0.2) is 54.6 Å². The third kappa shape index (κ3) is 4.90. The maximum atomic E-state index is 13.4. The van der Waals surface area contributed by atoms with E-state index in [-0.39, 0.29) is 11.9 Å². The summed E-state index contributed by atoms with van der Waals surface area (Å²) >= 11 is 0. The van der Waals surface area contributed by atoms with E-state index < -0.39 is 10.3 Å². The zero-order chi connectivity index (χ0) is 20.3. The average Bonchev–Trinajstić information content (AvgIpc) is 2.67. The van der Waals surface area contributed by atoms with E-state index in [4.69, 9.17) is 4.18 Å². The highest BCUT2D eigenvalue weighted by molar-refractivity contribution is 8.29. The van der Waals surface area contributed by atoms with Crippen LogP contribution in [0.5, 0.6) is 0 Å². The Morgan fingerprint density at radius 3 is 2.29 bits per heavy atom. The van der Waals surface area contributed by atoms with Crippen molar-refractivity contribution in [2.24, 2.45) is 5.92 Å². The van der Waals surface area contributed by atoms with Gasteiger partial charge in [-0.3, -0.25) is 0 Å². The Kier molecular flexibility index (Phi) is 6.72. The van der Waals surface area contributed by atoms with Crippen LogP contribution in [0.2, 0.25) is 0 Å². The molecular formula is C24H34FNOS. The van der Waals surface area contributed by atoms with Gasteiger partial charge in [0, 0.05) is 23.5 Å². The van der Waals surface area contributed by atoms with Crippen molar-refractivity contribution in [3.05, 3.63) is 66.0 Å². The second kappa shape index (κ2) is 8.87. The van der Waals surface area contributed by atoms with Gasteiger partial charge < -0.3 is 9.08 Å². The van der Waals surface area contributed by atoms with Gasteiger partial charge >= 0.3 is 0 Å². The third-order valence-corrected chi connectivity index (χ3v) is 9.23. The molecule has 2 unspecified atom stereocenters. The SMILES string of the molecule is CC1[C@@H](CCC(OS(C)(C)C(C)C)c2ccc(F)cc2)CN1c1ccccc1. The maximum Gasteiger partial charge on any atom is 0.123 e. The van der Waals surface area contributed by atoms with E-state index >= 15 is 0 Å². The Hall–Kier alpha value is -1.52. The normalized spacial score (nSPS) is 21.5. The lowest BCUT2D eigenvalue weighted by molar-refractivity contribution is 0.188. The molecule has 2 nitrogen and oxygen atoms in total. The number of hydrogen-bond acceptors (Lipinski definition) is 2. The zero-order valence-electron chi connectivity index (χ0n) is 17.8. The molecular weight excluding hydrogens is 369 g/mol. The van der Waals surface area contributed by atoms with E-state index in [0.29, 0.717) is 17.2 Å². The number of para-hydroxylation sites is 1. The second-order valence-electron chi connectivity index (χ2n) is 8.56. The Bertz CT molecular complexity index is 747. The molecule has 3 atom stereocenters. The van der Waals surface area contributed by atoms with Crippen LogP contribution >= 0.6 is 10.3 Å². The number of hydrogen-bond donors (Lipinski definition) is 0. The molecule has 0 bridgehead atoms. The fourth-order valence-electron chi connectivity index (χ4n) is 3.70. The van der Waals surface area contributed by atoms with Crippen LogP contribution in [0, 0.1) is 11.7 Å². The molecule has 2 aromatic rings. The predicted octanol–water partition coefficient (Wildman–Crippen LogP) is 6.58. The molecule has 0 N–H and O–H groups in total. The molecule has 2 aromatic carbocycles. The van der Waals surface area contributed by atoms with E-state index in [2.05, 4.69) is 68.5 Å². The lowest BCUT2D eigenvalue weighted by atomic mass is 9.84. The van der Waals surface area contributed by atoms with Crippen LogP contribution in [0.25, 0.3) is 0 Å². The Labute approximate surface area is 171 Å². The molecule has 0 amide bonds. The molecule has 1 heterocycles. The topological polar surface area (TPSA) is 12.5 Å². The third-order valence-electron chi connectivity index (χ3n) is 6.23. The lowest BCUT2D eigenvalue weighted by Crippen LogP contribution is -2.54. The molecule has 0 radical (unpaired) electrons. The smallest absolute Gasteiger partial charge is 0.123 e. The molecule has 1 fully saturated rings. The van der Waals surface area contributed by atoms with Crippen LogP contribution in [0.4, 0.5) is 10.1 Å². The van der Waals surface area contributed by atoms with Gasteiger partial charge in [0.05, 0.1) is 6.10 Å². The number of nitrogens with zero attached hydrogens (tertiary/aromatic N) is 1. The van der Waals surface area contributed by atoms with Crippen molar-refractivity contribution in [2.75, 3.05) is 24.0 Å². The molecule has 0 spiro atoms. The predicted molar refractivity (Wildman–Crippen MR) is 121 cm³/mol. The Balaban J connectivity index is 1.64. The summed E-state index contributed by atoms with van der Waals surface area (Å²) in [6.45, 7) is 7.87. The van der Waals surface area contributed by atoms with E-state index in [1.54, 1.807) is 12.1 Å². The van der Waals surface area contributed by atoms with E-state index in [1.165, 1.54) is 5.69 Å². The minimum atomic E-state index is -1.16. The molecule has 1 aliphatic rings. The molecule has 154 valence electrons. The van der Waals surface area contributed by atoms with Gasteiger partial charge in [-0.1, -0.05) is 44.2 Å². The van der Waals surface area contributed by atoms with Crippen LogP contribution in [0.3, 0.4) is 0 Å². The average molecular weight is 404 g/mol. The minimum Gasteiger partial charge on any atom is -0.368 e. The van der Waals surface area contributed by atoms with E-state index in [9.17, 15) is 4.39 Å². The van der Waals surface area contributed by atoms with Crippen molar-refractivity contribution in [1.82, 2.24) is 0 Å². The van der Waals surface area contributed by atoms with Gasteiger partial charge in [0.2, 0.25) is 0 Å². The summed E-state index contributed by atoms with van der Waals surface area (Å²) in [5.74, 6) is 0.480. The quantitative estimate of drug-likeness (QED) is 0.494. The van der Waals surface area contributed by atoms with Crippen molar-refractivity contribution in [3.63, 3.8) is 0 Å². The van der Waals surface area contributed by atoms with Gasteiger partial charge in [-0.2, -0.15) is 0 Å². The number of benzene rings is 2. The van der Waals surface area contributed by atoms with Crippen molar-refractivity contribution in [1.29, 1.82) is 0 Å². The summed E-state index contributed by atoms with van der Waals surface area (Å²) < 4.78 is 20.0. The molecule has 1 aliphatic heterocycles. The minimum absolute atomic E-state index is 0.0333. The molecule has 0 aliphatic carbocycles. The largest absolute Gasteiger partial charge is 0.368 e. The van der Waals surface area contributed by atoms with Crippen LogP contribution in [-0.4, -0.2) is 30.3 Å². The monoisotopic (exact) mass is 403 g/mol. The first-order valence-corrected chi connectivity index (χ1v) is 12.7. The van der Waals surface area contributed by atoms with E-state index in [0.717, 1.165) is 24.9 Å². The fraction of sp³-hybridized carbons (Fsp3) is 0.500. The van der Waals surface area contributed by atoms with E-state index in [1.807, 2.05) is 12.1 Å². The van der Waals surface area contributed by atoms with Crippen molar-refractivity contribution < 1.29 is 8.57 Å². The summed E-state index contributed by atoms with van der Waals surface area (Å²) in [4.78, 5) is 2.47. The first-order chi connectivity index (χ1) is 13.3. The lowest BCUT2D eigenvalue weighted by Gasteiger charge is -2.49. The van der Waals surface area contributed by atoms with Crippen molar-refractivity contribution >= 4 is 16.0 Å². The van der Waals surface area contributed by atoms with Gasteiger partial charge in [0.25, 0.3) is 0 Å².